The molecular weight excluding hydrogens is 272 g/mol. The molecule has 0 spiro atoms. The van der Waals surface area contributed by atoms with Crippen molar-refractivity contribution in [2.75, 3.05) is 0 Å². The number of hydrogen-bond donors (Lipinski definition) is 0. The molecule has 0 saturated carbocycles. The molecule has 1 heteroatoms. The van der Waals surface area contributed by atoms with Gasteiger partial charge in [0, 0.05) is 5.33 Å². The van der Waals surface area contributed by atoms with Crippen LogP contribution in [0, 0.1) is 5.92 Å². The molecule has 0 heterocycles. The van der Waals surface area contributed by atoms with E-state index in [-0.39, 0.29) is 0 Å². The molecule has 1 aliphatic carbocycles. The second-order valence-corrected chi connectivity index (χ2v) is 4.69. The van der Waals surface area contributed by atoms with Gasteiger partial charge in [-0.1, -0.05) is 76.6 Å². The van der Waals surface area contributed by atoms with Gasteiger partial charge in [0.2, 0.25) is 0 Å². The number of rotatable bonds is 2. The van der Waals surface area contributed by atoms with Gasteiger partial charge in [-0.2, -0.15) is 0 Å². The van der Waals surface area contributed by atoms with Crippen LogP contribution in [-0.4, -0.2) is 0 Å². The zero-order valence-corrected chi connectivity index (χ0v) is 10.9. The van der Waals surface area contributed by atoms with Gasteiger partial charge >= 0.3 is 0 Å². The Kier molecular flexibility index (Phi) is 2.86. The van der Waals surface area contributed by atoms with Crippen molar-refractivity contribution >= 4 is 22.0 Å². The van der Waals surface area contributed by atoms with Crippen LogP contribution in [0.2, 0.25) is 0 Å². The molecule has 3 rings (SSSR count). The third kappa shape index (κ3) is 1.85. The van der Waals surface area contributed by atoms with Gasteiger partial charge in [0.1, 0.15) is 0 Å². The van der Waals surface area contributed by atoms with Crippen LogP contribution in [0.4, 0.5) is 0 Å². The molecule has 2 aromatic carbocycles. The number of benzene rings is 2. The standard InChI is InChI=1S/C16H12Br/c17-11-13-6-2-4-8-15(13)16-10-9-12-5-1-3-7-14(12)16/h1-10H,11H2. The summed E-state index contributed by atoms with van der Waals surface area (Å²) in [5, 5.41) is 0.892. The van der Waals surface area contributed by atoms with E-state index in [1.807, 2.05) is 0 Å². The van der Waals surface area contributed by atoms with Gasteiger partial charge in [-0.3, -0.25) is 0 Å². The molecular formula is C16H12Br. The minimum Gasteiger partial charge on any atom is -0.0876 e. The van der Waals surface area contributed by atoms with Crippen LogP contribution in [0.1, 0.15) is 22.3 Å². The topological polar surface area (TPSA) is 0 Å². The summed E-state index contributed by atoms with van der Waals surface area (Å²) in [6.07, 6.45) is 4.40. The normalized spacial score (nSPS) is 13.9. The SMILES string of the molecule is BrCc1ccccc1[C]1C=Cc2ccccc21. The molecule has 0 aliphatic heterocycles. The first-order valence-corrected chi connectivity index (χ1v) is 6.81. The van der Waals surface area contributed by atoms with Gasteiger partial charge in [0.05, 0.1) is 5.92 Å². The molecule has 83 valence electrons. The van der Waals surface area contributed by atoms with Gasteiger partial charge in [0.15, 0.2) is 0 Å². The van der Waals surface area contributed by atoms with Crippen LogP contribution in [0.5, 0.6) is 0 Å². The lowest BCUT2D eigenvalue weighted by Crippen LogP contribution is -2.00. The highest BCUT2D eigenvalue weighted by Gasteiger charge is 2.20. The van der Waals surface area contributed by atoms with Gasteiger partial charge in [-0.15, -0.1) is 0 Å². The predicted octanol–water partition coefficient (Wildman–Crippen LogP) is 4.58. The van der Waals surface area contributed by atoms with Gasteiger partial charge in [-0.25, -0.2) is 0 Å². The van der Waals surface area contributed by atoms with Crippen molar-refractivity contribution < 1.29 is 0 Å². The molecule has 0 saturated heterocycles. The first-order valence-electron chi connectivity index (χ1n) is 5.69. The fourth-order valence-electron chi connectivity index (χ4n) is 2.28. The van der Waals surface area contributed by atoms with E-state index >= 15 is 0 Å². The fourth-order valence-corrected chi connectivity index (χ4v) is 2.77. The quantitative estimate of drug-likeness (QED) is 0.708. The van der Waals surface area contributed by atoms with Gasteiger partial charge in [-0.05, 0) is 22.3 Å². The van der Waals surface area contributed by atoms with Crippen molar-refractivity contribution in [3.63, 3.8) is 0 Å². The van der Waals surface area contributed by atoms with Crippen LogP contribution < -0.4 is 0 Å². The first kappa shape index (κ1) is 10.8. The molecule has 0 nitrogen and oxygen atoms in total. The number of hydrogen-bond acceptors (Lipinski definition) is 0. The maximum absolute atomic E-state index is 3.56. The summed E-state index contributed by atoms with van der Waals surface area (Å²) in [7, 11) is 0. The Morgan fingerprint density at radius 1 is 0.765 bits per heavy atom. The Hall–Kier alpha value is -1.34. The molecule has 2 aromatic rings. The summed E-state index contributed by atoms with van der Waals surface area (Å²) in [6, 6.07) is 17.1. The summed E-state index contributed by atoms with van der Waals surface area (Å²) in [5.74, 6) is 1.33. The highest BCUT2D eigenvalue weighted by molar-refractivity contribution is 9.08. The Morgan fingerprint density at radius 2 is 1.47 bits per heavy atom. The van der Waals surface area contributed by atoms with E-state index in [1.54, 1.807) is 0 Å². The molecule has 0 unspecified atom stereocenters. The number of halogens is 1. The number of alkyl halides is 1. The molecule has 1 aliphatic rings. The average molecular weight is 284 g/mol. The van der Waals surface area contributed by atoms with Crippen molar-refractivity contribution in [1.29, 1.82) is 0 Å². The van der Waals surface area contributed by atoms with Crippen LogP contribution in [0.3, 0.4) is 0 Å². The highest BCUT2D eigenvalue weighted by Crippen LogP contribution is 2.36. The van der Waals surface area contributed by atoms with Gasteiger partial charge < -0.3 is 0 Å². The Balaban J connectivity index is 2.10. The summed E-state index contributed by atoms with van der Waals surface area (Å²) < 4.78 is 0. The van der Waals surface area contributed by atoms with E-state index in [2.05, 4.69) is 76.6 Å². The third-order valence-electron chi connectivity index (χ3n) is 3.13. The highest BCUT2D eigenvalue weighted by atomic mass is 79.9. The van der Waals surface area contributed by atoms with Crippen molar-refractivity contribution in [2.24, 2.45) is 0 Å². The molecule has 0 fully saturated rings. The molecule has 17 heavy (non-hydrogen) atoms. The predicted molar refractivity (Wildman–Crippen MR) is 76.0 cm³/mol. The smallest absolute Gasteiger partial charge is 0.0566 e. The molecule has 0 bridgehead atoms. The molecule has 0 amide bonds. The van der Waals surface area contributed by atoms with Crippen LogP contribution >= 0.6 is 15.9 Å². The molecule has 0 aromatic heterocycles. The minimum atomic E-state index is 0.892. The minimum absolute atomic E-state index is 0.892. The molecule has 0 atom stereocenters. The Bertz CT molecular complexity index is 569. The lowest BCUT2D eigenvalue weighted by molar-refractivity contribution is 1.25. The van der Waals surface area contributed by atoms with Crippen molar-refractivity contribution in [2.45, 2.75) is 5.33 Å². The van der Waals surface area contributed by atoms with E-state index in [0.29, 0.717) is 0 Å². The Labute approximate surface area is 110 Å². The second-order valence-electron chi connectivity index (χ2n) is 4.13. The number of allylic oxidation sites excluding steroid dienone is 1. The first-order chi connectivity index (χ1) is 8.40. The summed E-state index contributed by atoms with van der Waals surface area (Å²) in [5.41, 5.74) is 5.31. The zero-order valence-electron chi connectivity index (χ0n) is 9.36. The van der Waals surface area contributed by atoms with Gasteiger partial charge in [0.25, 0.3) is 0 Å². The van der Waals surface area contributed by atoms with E-state index in [0.717, 1.165) is 5.33 Å². The summed E-state index contributed by atoms with van der Waals surface area (Å²) in [4.78, 5) is 0. The monoisotopic (exact) mass is 283 g/mol. The largest absolute Gasteiger partial charge is 0.0876 e. The number of fused-ring (bicyclic) bond motifs is 1. The van der Waals surface area contributed by atoms with E-state index < -0.39 is 0 Å². The summed E-state index contributed by atoms with van der Waals surface area (Å²) >= 11 is 3.56. The van der Waals surface area contributed by atoms with Crippen LogP contribution in [0.15, 0.2) is 54.6 Å². The van der Waals surface area contributed by atoms with E-state index in [9.17, 15) is 0 Å². The lowest BCUT2D eigenvalue weighted by atomic mass is 9.90. The van der Waals surface area contributed by atoms with E-state index in [1.165, 1.54) is 28.2 Å². The zero-order chi connectivity index (χ0) is 11.7. The maximum Gasteiger partial charge on any atom is 0.0566 e. The average Bonchev–Trinajstić information content (AvgIpc) is 2.82. The van der Waals surface area contributed by atoms with Crippen molar-refractivity contribution in [1.82, 2.24) is 0 Å². The van der Waals surface area contributed by atoms with Crippen molar-refractivity contribution in [3.05, 3.63) is 82.8 Å². The van der Waals surface area contributed by atoms with E-state index in [4.69, 9.17) is 0 Å². The molecule has 1 radical (unpaired) electrons. The molecule has 0 N–H and O–H groups in total. The third-order valence-corrected chi connectivity index (χ3v) is 3.74. The van der Waals surface area contributed by atoms with Crippen LogP contribution in [-0.2, 0) is 5.33 Å². The summed E-state index contributed by atoms with van der Waals surface area (Å²) in [6.45, 7) is 0. The van der Waals surface area contributed by atoms with Crippen molar-refractivity contribution in [3.8, 4) is 0 Å². The van der Waals surface area contributed by atoms with Crippen LogP contribution in [0.25, 0.3) is 6.08 Å². The Morgan fingerprint density at radius 3 is 2.29 bits per heavy atom. The second kappa shape index (κ2) is 4.50. The lowest BCUT2D eigenvalue weighted by Gasteiger charge is -2.14. The fraction of sp³-hybridized carbons (Fsp3) is 0.0625. The maximum atomic E-state index is 3.56.